The lowest BCUT2D eigenvalue weighted by Gasteiger charge is -2.20. The SMILES string of the molecule is COc1cc(N2CC(C(=O)Nc3cnc(NCc4ccc(Cl)cc4)c(C)c3)CC2=O)cc(OC)c1OC. The lowest BCUT2D eigenvalue weighted by molar-refractivity contribution is -0.122. The zero-order chi connectivity index (χ0) is 26.5. The first-order chi connectivity index (χ1) is 17.8. The van der Waals surface area contributed by atoms with E-state index in [0.29, 0.717) is 40.2 Å². The number of halogens is 1. The highest BCUT2D eigenvalue weighted by Crippen LogP contribution is 2.42. The molecule has 3 aromatic rings. The van der Waals surface area contributed by atoms with Crippen LogP contribution >= 0.6 is 11.6 Å². The Kier molecular flexibility index (Phi) is 8.03. The van der Waals surface area contributed by atoms with Crippen LogP contribution in [-0.2, 0) is 16.1 Å². The molecule has 0 bridgehead atoms. The summed E-state index contributed by atoms with van der Waals surface area (Å²) in [6.07, 6.45) is 1.69. The van der Waals surface area contributed by atoms with Crippen molar-refractivity contribution in [3.63, 3.8) is 0 Å². The number of hydrogen-bond acceptors (Lipinski definition) is 7. The summed E-state index contributed by atoms with van der Waals surface area (Å²) >= 11 is 5.94. The zero-order valence-electron chi connectivity index (χ0n) is 21.1. The molecule has 10 heteroatoms. The third-order valence-corrected chi connectivity index (χ3v) is 6.43. The molecule has 1 saturated heterocycles. The maximum Gasteiger partial charge on any atom is 0.229 e. The van der Waals surface area contributed by atoms with Gasteiger partial charge in [-0.25, -0.2) is 4.98 Å². The number of nitrogens with zero attached hydrogens (tertiary/aromatic N) is 2. The molecular weight excluding hydrogens is 496 g/mol. The average Bonchev–Trinajstić information content (AvgIpc) is 3.30. The molecule has 9 nitrogen and oxygen atoms in total. The summed E-state index contributed by atoms with van der Waals surface area (Å²) in [5, 5.41) is 6.88. The van der Waals surface area contributed by atoms with E-state index >= 15 is 0 Å². The molecule has 1 fully saturated rings. The third-order valence-electron chi connectivity index (χ3n) is 6.18. The van der Waals surface area contributed by atoms with E-state index in [9.17, 15) is 9.59 Å². The minimum Gasteiger partial charge on any atom is -0.493 e. The summed E-state index contributed by atoms with van der Waals surface area (Å²) in [5.74, 6) is 1.10. The van der Waals surface area contributed by atoms with Crippen molar-refractivity contribution in [1.82, 2.24) is 4.98 Å². The van der Waals surface area contributed by atoms with E-state index in [4.69, 9.17) is 25.8 Å². The largest absolute Gasteiger partial charge is 0.493 e. The minimum atomic E-state index is -0.519. The molecule has 37 heavy (non-hydrogen) atoms. The van der Waals surface area contributed by atoms with Crippen molar-refractivity contribution in [3.8, 4) is 17.2 Å². The predicted molar refractivity (Wildman–Crippen MR) is 143 cm³/mol. The second-order valence-electron chi connectivity index (χ2n) is 8.65. The number of ether oxygens (including phenoxy) is 3. The first-order valence-electron chi connectivity index (χ1n) is 11.7. The van der Waals surface area contributed by atoms with Gasteiger partial charge in [0, 0.05) is 36.7 Å². The summed E-state index contributed by atoms with van der Waals surface area (Å²) in [7, 11) is 4.54. The van der Waals surface area contributed by atoms with E-state index in [-0.39, 0.29) is 24.8 Å². The molecule has 0 spiro atoms. The molecule has 2 aromatic carbocycles. The molecule has 0 aliphatic carbocycles. The van der Waals surface area contributed by atoms with Crippen LogP contribution in [-0.4, -0.2) is 44.7 Å². The van der Waals surface area contributed by atoms with Crippen molar-refractivity contribution in [2.24, 2.45) is 5.92 Å². The van der Waals surface area contributed by atoms with Gasteiger partial charge in [0.1, 0.15) is 5.82 Å². The molecule has 1 atom stereocenters. The van der Waals surface area contributed by atoms with Crippen molar-refractivity contribution >= 4 is 40.6 Å². The zero-order valence-corrected chi connectivity index (χ0v) is 21.9. The second-order valence-corrected chi connectivity index (χ2v) is 9.08. The molecule has 2 N–H and O–H groups in total. The van der Waals surface area contributed by atoms with Crippen LogP contribution in [0.2, 0.25) is 5.02 Å². The third kappa shape index (κ3) is 5.89. The smallest absolute Gasteiger partial charge is 0.229 e. The summed E-state index contributed by atoms with van der Waals surface area (Å²) in [6, 6.07) is 12.8. The maximum atomic E-state index is 13.0. The van der Waals surface area contributed by atoms with Gasteiger partial charge in [0.25, 0.3) is 0 Å². The summed E-state index contributed by atoms with van der Waals surface area (Å²) < 4.78 is 16.1. The van der Waals surface area contributed by atoms with Crippen molar-refractivity contribution in [3.05, 3.63) is 64.8 Å². The van der Waals surface area contributed by atoms with Crippen molar-refractivity contribution in [2.75, 3.05) is 43.4 Å². The van der Waals surface area contributed by atoms with Crippen LogP contribution < -0.4 is 29.7 Å². The molecule has 2 heterocycles. The Labute approximate surface area is 220 Å². The molecule has 4 rings (SSSR count). The van der Waals surface area contributed by atoms with Crippen LogP contribution in [0.3, 0.4) is 0 Å². The highest BCUT2D eigenvalue weighted by molar-refractivity contribution is 6.30. The van der Waals surface area contributed by atoms with Gasteiger partial charge < -0.3 is 29.7 Å². The highest BCUT2D eigenvalue weighted by atomic mass is 35.5. The lowest BCUT2D eigenvalue weighted by atomic mass is 10.1. The molecule has 0 radical (unpaired) electrons. The van der Waals surface area contributed by atoms with Gasteiger partial charge in [-0.1, -0.05) is 23.7 Å². The molecule has 1 aromatic heterocycles. The highest BCUT2D eigenvalue weighted by Gasteiger charge is 2.36. The first-order valence-corrected chi connectivity index (χ1v) is 12.1. The number of hydrogen-bond donors (Lipinski definition) is 2. The predicted octanol–water partition coefficient (Wildman–Crippen LogP) is 4.67. The number of pyridine rings is 1. The Bertz CT molecular complexity index is 1270. The number of carbonyl (C=O) groups excluding carboxylic acids is 2. The number of methoxy groups -OCH3 is 3. The maximum absolute atomic E-state index is 13.0. The van der Waals surface area contributed by atoms with Crippen LogP contribution in [0.5, 0.6) is 17.2 Å². The van der Waals surface area contributed by atoms with Crippen molar-refractivity contribution < 1.29 is 23.8 Å². The van der Waals surface area contributed by atoms with E-state index in [0.717, 1.165) is 16.9 Å². The van der Waals surface area contributed by atoms with Crippen LogP contribution in [0, 0.1) is 12.8 Å². The van der Waals surface area contributed by atoms with Gasteiger partial charge in [-0.05, 0) is 36.2 Å². The molecule has 0 saturated carbocycles. The Balaban J connectivity index is 1.41. The number of carbonyl (C=O) groups is 2. The molecule has 1 unspecified atom stereocenters. The number of nitrogens with one attached hydrogen (secondary N) is 2. The molecule has 1 aliphatic rings. The number of rotatable bonds is 9. The minimum absolute atomic E-state index is 0.0929. The Morgan fingerprint density at radius 2 is 1.76 bits per heavy atom. The Hall–Kier alpha value is -3.98. The van der Waals surface area contributed by atoms with Crippen LogP contribution in [0.15, 0.2) is 48.7 Å². The number of aryl methyl sites for hydroxylation is 1. The van der Waals surface area contributed by atoms with Gasteiger partial charge in [-0.3, -0.25) is 9.59 Å². The monoisotopic (exact) mass is 524 g/mol. The number of anilines is 3. The summed E-state index contributed by atoms with van der Waals surface area (Å²) in [5.41, 5.74) is 3.10. The number of aromatic nitrogens is 1. The fraction of sp³-hybridized carbons (Fsp3) is 0.296. The Morgan fingerprint density at radius 1 is 1.08 bits per heavy atom. The van der Waals surface area contributed by atoms with Gasteiger partial charge in [0.2, 0.25) is 17.6 Å². The molecular formula is C27H29ClN4O5. The van der Waals surface area contributed by atoms with Crippen LogP contribution in [0.1, 0.15) is 17.5 Å². The quantitative estimate of drug-likeness (QED) is 0.419. The fourth-order valence-corrected chi connectivity index (χ4v) is 4.34. The van der Waals surface area contributed by atoms with Gasteiger partial charge in [-0.2, -0.15) is 0 Å². The van der Waals surface area contributed by atoms with Gasteiger partial charge >= 0.3 is 0 Å². The lowest BCUT2D eigenvalue weighted by Crippen LogP contribution is -2.28. The van der Waals surface area contributed by atoms with E-state index in [1.807, 2.05) is 37.3 Å². The van der Waals surface area contributed by atoms with Gasteiger partial charge in [0.05, 0.1) is 44.8 Å². The molecule has 1 aliphatic heterocycles. The van der Waals surface area contributed by atoms with E-state index in [1.165, 1.54) is 21.3 Å². The van der Waals surface area contributed by atoms with Gasteiger partial charge in [-0.15, -0.1) is 0 Å². The van der Waals surface area contributed by atoms with Crippen molar-refractivity contribution in [1.29, 1.82) is 0 Å². The average molecular weight is 525 g/mol. The fourth-order valence-electron chi connectivity index (χ4n) is 4.22. The van der Waals surface area contributed by atoms with Crippen molar-refractivity contribution in [2.45, 2.75) is 19.9 Å². The Morgan fingerprint density at radius 3 is 2.35 bits per heavy atom. The van der Waals surface area contributed by atoms with Crippen LogP contribution in [0.25, 0.3) is 0 Å². The van der Waals surface area contributed by atoms with E-state index < -0.39 is 5.92 Å². The molecule has 2 amide bonds. The van der Waals surface area contributed by atoms with Crippen LogP contribution in [0.4, 0.5) is 17.2 Å². The first kappa shape index (κ1) is 26.1. The topological polar surface area (TPSA) is 102 Å². The van der Waals surface area contributed by atoms with E-state index in [2.05, 4.69) is 15.6 Å². The van der Waals surface area contributed by atoms with E-state index in [1.54, 1.807) is 23.2 Å². The standard InChI is InChI=1S/C27H29ClN4O5/c1-16-9-20(14-30-26(16)29-13-17-5-7-19(28)8-6-17)31-27(34)18-10-24(33)32(15-18)21-11-22(35-2)25(37-4)23(12-21)36-3/h5-9,11-12,14,18H,10,13,15H2,1-4H3,(H,29,30)(H,31,34). The van der Waals surface area contributed by atoms with Gasteiger partial charge in [0.15, 0.2) is 11.5 Å². The normalized spacial score (nSPS) is 14.9. The summed E-state index contributed by atoms with van der Waals surface area (Å²) in [4.78, 5) is 31.8. The second kappa shape index (κ2) is 11.4. The number of amides is 2. The molecule has 194 valence electrons. The number of benzene rings is 2. The summed E-state index contributed by atoms with van der Waals surface area (Å²) in [6.45, 7) is 2.74.